The molecule has 0 atom stereocenters. The van der Waals surface area contributed by atoms with Crippen molar-refractivity contribution in [1.29, 1.82) is 0 Å². The van der Waals surface area contributed by atoms with Gasteiger partial charge in [-0.05, 0) is 18.9 Å². The molecule has 0 saturated heterocycles. The Bertz CT molecular complexity index is 1620. The second kappa shape index (κ2) is 16.9. The van der Waals surface area contributed by atoms with Gasteiger partial charge in [-0.15, -0.1) is 11.1 Å². The average molecular weight is 759 g/mol. The van der Waals surface area contributed by atoms with Gasteiger partial charge in [0.25, 0.3) is 0 Å². The Labute approximate surface area is 308 Å². The molecule has 0 aliphatic heterocycles. The van der Waals surface area contributed by atoms with Crippen LogP contribution in [0.1, 0.15) is 44.5 Å². The van der Waals surface area contributed by atoms with Crippen molar-refractivity contribution in [2.75, 3.05) is 0 Å². The summed E-state index contributed by atoms with van der Waals surface area (Å²) in [5.74, 6) is 0. The van der Waals surface area contributed by atoms with Crippen LogP contribution in [-0.4, -0.2) is 19.4 Å². The van der Waals surface area contributed by atoms with E-state index in [4.69, 9.17) is 0 Å². The summed E-state index contributed by atoms with van der Waals surface area (Å²) in [7, 11) is -2.63. The molecule has 5 heteroatoms. The van der Waals surface area contributed by atoms with Crippen LogP contribution in [0.4, 0.5) is 0 Å². The van der Waals surface area contributed by atoms with Gasteiger partial charge in [-0.1, -0.05) is 88.5 Å². The maximum atomic E-state index is 3.73. The number of halogens is 2. The van der Waals surface area contributed by atoms with Crippen molar-refractivity contribution in [3.8, 4) is 11.1 Å². The predicted octanol–water partition coefficient (Wildman–Crippen LogP) is 3.60. The third kappa shape index (κ3) is 10.0. The molecule has 5 aromatic carbocycles. The molecule has 0 bridgehead atoms. The molecule has 0 nitrogen and oxygen atoms in total. The van der Waals surface area contributed by atoms with Gasteiger partial charge in [0.1, 0.15) is 0 Å². The van der Waals surface area contributed by atoms with Crippen LogP contribution in [0.3, 0.4) is 0 Å². The van der Waals surface area contributed by atoms with E-state index in [9.17, 15) is 0 Å². The average Bonchev–Trinajstić information content (AvgIpc) is 3.52. The summed E-state index contributed by atoms with van der Waals surface area (Å²) in [5.41, 5.74) is 14.2. The summed E-state index contributed by atoms with van der Waals surface area (Å²) in [6.45, 7) is 23.4. The number of benzene rings is 4. The van der Waals surface area contributed by atoms with Crippen molar-refractivity contribution in [1.82, 2.24) is 0 Å². The molecular formula is C41H48Cl2Si2Zr-2. The van der Waals surface area contributed by atoms with E-state index in [1.165, 1.54) is 83.1 Å². The summed E-state index contributed by atoms with van der Waals surface area (Å²) >= 11 is 1.46. The Morgan fingerprint density at radius 2 is 1.09 bits per heavy atom. The normalized spacial score (nSPS) is 11.4. The van der Waals surface area contributed by atoms with Crippen LogP contribution in [0.25, 0.3) is 11.1 Å². The second-order valence-corrected chi connectivity index (χ2v) is 25.5. The molecule has 0 aromatic heterocycles. The standard InChI is InChI=1S/C21H29Si2.C13H10.C7H9.2ClH.Zr/c1-14-9-16-11-17-10-15(2)21(23(6,7)8)13-19(17)18(16)12-20(14)22(3,4)5;1-3-7-12(8-4-1)11-13-9-5-2-6-10-13;1-6-4-3-5-7(6)2;;;/h9,12-13H,11H2,1-8H3;1-10H;3-5H,1-2H3;2*1H;/q-1;;-1;;;+2/p-2. The molecule has 0 amide bonds. The summed E-state index contributed by atoms with van der Waals surface area (Å²) < 4.78 is 1.42. The van der Waals surface area contributed by atoms with E-state index in [1.54, 1.807) is 10.4 Å². The van der Waals surface area contributed by atoms with Gasteiger partial charge in [-0.2, -0.15) is 52.2 Å². The van der Waals surface area contributed by atoms with E-state index in [-0.39, 0.29) is 24.8 Å². The summed E-state index contributed by atoms with van der Waals surface area (Å²) in [4.78, 5) is 0. The maximum absolute atomic E-state index is 3.73. The molecule has 1 aliphatic rings. The molecule has 0 spiro atoms. The van der Waals surface area contributed by atoms with Crippen LogP contribution in [0.15, 0.2) is 97.1 Å². The van der Waals surface area contributed by atoms with Crippen LogP contribution in [0.2, 0.25) is 39.3 Å². The van der Waals surface area contributed by atoms with E-state index in [2.05, 4.69) is 170 Å². The zero-order valence-electron chi connectivity index (χ0n) is 29.2. The molecule has 1 aliphatic carbocycles. The molecule has 0 unspecified atom stereocenters. The Balaban J connectivity index is 0.000000272. The van der Waals surface area contributed by atoms with E-state index in [0.717, 1.165) is 6.42 Å². The number of hydrogen-bond donors (Lipinski definition) is 0. The van der Waals surface area contributed by atoms with Gasteiger partial charge in [0, 0.05) is 8.07 Å². The topological polar surface area (TPSA) is 0 Å². The zero-order chi connectivity index (χ0) is 32.2. The van der Waals surface area contributed by atoms with Crippen LogP contribution in [-0.2, 0) is 30.7 Å². The van der Waals surface area contributed by atoms with Gasteiger partial charge in [0.05, 0.1) is 8.07 Å². The fourth-order valence-electron chi connectivity index (χ4n) is 6.00. The Hall–Kier alpha value is -2.00. The van der Waals surface area contributed by atoms with Crippen molar-refractivity contribution >= 4 is 29.7 Å². The number of hydrogen-bond acceptors (Lipinski definition) is 0. The molecule has 0 heterocycles. The van der Waals surface area contributed by atoms with Crippen LogP contribution in [0, 0.1) is 33.8 Å². The van der Waals surface area contributed by atoms with Gasteiger partial charge in [-0.25, -0.2) is 0 Å². The van der Waals surface area contributed by atoms with Gasteiger partial charge >= 0.3 is 99.2 Å². The molecule has 240 valence electrons. The molecule has 0 fully saturated rings. The molecule has 5 aromatic rings. The van der Waals surface area contributed by atoms with Crippen molar-refractivity contribution in [2.45, 2.75) is 73.4 Å². The first-order valence-corrected chi connectivity index (χ1v) is 24.0. The molecule has 6 rings (SSSR count). The molecule has 0 N–H and O–H groups in total. The number of rotatable bonds is 4. The van der Waals surface area contributed by atoms with Crippen molar-refractivity contribution in [3.63, 3.8) is 0 Å². The predicted molar refractivity (Wildman–Crippen MR) is 197 cm³/mol. The monoisotopic (exact) mass is 756 g/mol. The van der Waals surface area contributed by atoms with Crippen molar-refractivity contribution in [3.05, 3.63) is 148 Å². The van der Waals surface area contributed by atoms with E-state index in [0.29, 0.717) is 0 Å². The molecular weight excluding hydrogens is 711 g/mol. The third-order valence-electron chi connectivity index (χ3n) is 8.52. The van der Waals surface area contributed by atoms with Crippen LogP contribution >= 0.6 is 0 Å². The first-order chi connectivity index (χ1) is 20.7. The molecule has 0 saturated carbocycles. The Morgan fingerprint density at radius 3 is 1.50 bits per heavy atom. The van der Waals surface area contributed by atoms with Gasteiger partial charge in [0.2, 0.25) is 0 Å². The summed E-state index contributed by atoms with van der Waals surface area (Å²) in [6.07, 6.45) is 1.06. The van der Waals surface area contributed by atoms with Crippen molar-refractivity contribution in [2.24, 2.45) is 0 Å². The summed E-state index contributed by atoms with van der Waals surface area (Å²) in [5, 5.41) is 3.18. The van der Waals surface area contributed by atoms with E-state index < -0.39 is 16.1 Å². The fraction of sp³-hybridized carbons (Fsp3) is 0.268. The van der Waals surface area contributed by atoms with Gasteiger partial charge in [0.15, 0.2) is 0 Å². The SMILES string of the molecule is Cc1[c-]c2c(cc1[Si](C)(C)C)-c1cc([Si](C)(C)C)c(C)cc1C2.Cc1c[cH-]cc1C.[Cl-].[Cl-].[Zr+2]=[C](c1ccccc1)c1ccccc1. The first kappa shape index (κ1) is 40.2. The quantitative estimate of drug-likeness (QED) is 0.191. The first-order valence-electron chi connectivity index (χ1n) is 15.8. The van der Waals surface area contributed by atoms with E-state index >= 15 is 0 Å². The second-order valence-electron chi connectivity index (χ2n) is 14.2. The molecule has 0 radical (unpaired) electrons. The number of fused-ring (bicyclic) bond motifs is 3. The Kier molecular flexibility index (Phi) is 14.8. The van der Waals surface area contributed by atoms with Gasteiger partial charge in [-0.3, -0.25) is 0 Å². The minimum atomic E-state index is -1.33. The minimum absolute atomic E-state index is 0. The van der Waals surface area contributed by atoms with E-state index in [1.807, 2.05) is 0 Å². The number of aryl methyl sites for hydroxylation is 4. The van der Waals surface area contributed by atoms with Crippen molar-refractivity contribution < 1.29 is 49.0 Å². The third-order valence-corrected chi connectivity index (χ3v) is 14.2. The fourth-order valence-corrected chi connectivity index (χ4v) is 10.4. The summed E-state index contributed by atoms with van der Waals surface area (Å²) in [6, 6.07) is 38.6. The molecule has 46 heavy (non-hydrogen) atoms. The van der Waals surface area contributed by atoms with Gasteiger partial charge < -0.3 is 24.8 Å². The Morgan fingerprint density at radius 1 is 0.630 bits per heavy atom. The van der Waals surface area contributed by atoms with Crippen LogP contribution < -0.4 is 35.2 Å². The van der Waals surface area contributed by atoms with Crippen LogP contribution in [0.5, 0.6) is 0 Å². The zero-order valence-corrected chi connectivity index (χ0v) is 35.2.